The number of carboxylic acid groups (broad SMARTS) is 1. The Morgan fingerprint density at radius 1 is 1.77 bits per heavy atom. The van der Waals surface area contributed by atoms with Gasteiger partial charge in [-0.15, -0.1) is 0 Å². The van der Waals surface area contributed by atoms with Gasteiger partial charge in [0.25, 0.3) is 0 Å². The van der Waals surface area contributed by atoms with Crippen LogP contribution in [0.5, 0.6) is 0 Å². The predicted molar refractivity (Wildman–Crippen MR) is 44.3 cm³/mol. The topological polar surface area (TPSA) is 60.8 Å². The van der Waals surface area contributed by atoms with E-state index in [1.807, 2.05) is 0 Å². The molecule has 1 aliphatic rings. The van der Waals surface area contributed by atoms with Gasteiger partial charge in [0.15, 0.2) is 0 Å². The van der Waals surface area contributed by atoms with Crippen LogP contribution in [-0.4, -0.2) is 47.1 Å². The highest BCUT2D eigenvalue weighted by Crippen LogP contribution is 2.19. The van der Waals surface area contributed by atoms with E-state index >= 15 is 0 Å². The number of carbonyl (C=O) groups is 1. The van der Waals surface area contributed by atoms with Gasteiger partial charge in [0, 0.05) is 6.54 Å². The quantitative estimate of drug-likeness (QED) is 0.594. The largest absolute Gasteiger partial charge is 0.465 e. The van der Waals surface area contributed by atoms with E-state index in [1.165, 1.54) is 6.08 Å². The number of halogens is 1. The number of aliphatic hydroxyl groups is 1. The van der Waals surface area contributed by atoms with E-state index in [0.29, 0.717) is 18.5 Å². The molecule has 0 aliphatic carbocycles. The van der Waals surface area contributed by atoms with Gasteiger partial charge >= 0.3 is 6.09 Å². The van der Waals surface area contributed by atoms with Crippen LogP contribution in [0.2, 0.25) is 0 Å². The Morgan fingerprint density at radius 2 is 2.46 bits per heavy atom. The zero-order valence-corrected chi connectivity index (χ0v) is 7.11. The van der Waals surface area contributed by atoms with Crippen LogP contribution < -0.4 is 0 Å². The van der Waals surface area contributed by atoms with Crippen molar-refractivity contribution in [2.75, 3.05) is 19.7 Å². The third-order valence-corrected chi connectivity index (χ3v) is 2.08. The van der Waals surface area contributed by atoms with Crippen molar-refractivity contribution in [1.29, 1.82) is 0 Å². The average molecular weight is 189 g/mol. The van der Waals surface area contributed by atoms with Crippen LogP contribution in [0.3, 0.4) is 0 Å². The molecule has 1 saturated heterocycles. The summed E-state index contributed by atoms with van der Waals surface area (Å²) < 4.78 is 13.2. The lowest BCUT2D eigenvalue weighted by Gasteiger charge is -2.28. The molecule has 1 aliphatic heterocycles. The van der Waals surface area contributed by atoms with Gasteiger partial charge in [0.05, 0.1) is 13.2 Å². The monoisotopic (exact) mass is 189 g/mol. The molecule has 5 heteroatoms. The van der Waals surface area contributed by atoms with Crippen LogP contribution in [0, 0.1) is 0 Å². The highest BCUT2D eigenvalue weighted by molar-refractivity contribution is 5.65. The number of alkyl halides is 1. The van der Waals surface area contributed by atoms with Gasteiger partial charge in [-0.1, -0.05) is 6.08 Å². The first-order chi connectivity index (χ1) is 6.15. The summed E-state index contributed by atoms with van der Waals surface area (Å²) in [5.41, 5.74) is 0.500. The maximum absolute atomic E-state index is 13.2. The van der Waals surface area contributed by atoms with Gasteiger partial charge in [-0.05, 0) is 12.0 Å². The fourth-order valence-corrected chi connectivity index (χ4v) is 1.34. The molecular weight excluding hydrogens is 177 g/mol. The molecule has 0 spiro atoms. The van der Waals surface area contributed by atoms with Crippen LogP contribution in [0.4, 0.5) is 9.18 Å². The Bertz CT molecular complexity index is 229. The molecule has 0 saturated carbocycles. The van der Waals surface area contributed by atoms with E-state index in [1.54, 1.807) is 0 Å². The Hall–Kier alpha value is -1.10. The first-order valence-corrected chi connectivity index (χ1v) is 4.07. The average Bonchev–Trinajstić information content (AvgIpc) is 2.08. The summed E-state index contributed by atoms with van der Waals surface area (Å²) in [7, 11) is 0. The minimum atomic E-state index is -1.27. The van der Waals surface area contributed by atoms with E-state index in [-0.39, 0.29) is 13.2 Å². The van der Waals surface area contributed by atoms with Gasteiger partial charge in [0.1, 0.15) is 6.17 Å². The maximum atomic E-state index is 13.2. The highest BCUT2D eigenvalue weighted by atomic mass is 19.1. The normalized spacial score (nSPS) is 26.5. The summed E-state index contributed by atoms with van der Waals surface area (Å²) in [5.74, 6) is 0. The van der Waals surface area contributed by atoms with Crippen LogP contribution in [-0.2, 0) is 0 Å². The maximum Gasteiger partial charge on any atom is 0.407 e. The molecule has 0 aromatic carbocycles. The van der Waals surface area contributed by atoms with Crippen molar-refractivity contribution >= 4 is 6.09 Å². The fraction of sp³-hybridized carbons (Fsp3) is 0.625. The predicted octanol–water partition coefficient (Wildman–Crippen LogP) is 0.627. The molecular formula is C8H12FNO3. The molecule has 1 rings (SSSR count). The number of aliphatic hydroxyl groups excluding tert-OH is 1. The van der Waals surface area contributed by atoms with E-state index in [2.05, 4.69) is 0 Å². The van der Waals surface area contributed by atoms with Crippen molar-refractivity contribution in [3.63, 3.8) is 0 Å². The Labute approximate surface area is 75.3 Å². The van der Waals surface area contributed by atoms with E-state index in [4.69, 9.17) is 10.2 Å². The summed E-state index contributed by atoms with van der Waals surface area (Å²) in [5, 5.41) is 17.1. The van der Waals surface area contributed by atoms with Crippen molar-refractivity contribution in [3.05, 3.63) is 11.6 Å². The lowest BCUT2D eigenvalue weighted by atomic mass is 10.0. The molecule has 13 heavy (non-hydrogen) atoms. The van der Waals surface area contributed by atoms with Crippen molar-refractivity contribution in [1.82, 2.24) is 4.90 Å². The number of nitrogens with zero attached hydrogens (tertiary/aromatic N) is 1. The van der Waals surface area contributed by atoms with E-state index in [0.717, 1.165) is 4.90 Å². The lowest BCUT2D eigenvalue weighted by molar-refractivity contribution is 0.123. The van der Waals surface area contributed by atoms with Gasteiger partial charge in [-0.25, -0.2) is 9.18 Å². The lowest BCUT2D eigenvalue weighted by Crippen LogP contribution is -2.41. The summed E-state index contributed by atoms with van der Waals surface area (Å²) in [6.45, 7) is -0.00836. The molecule has 2 N–H and O–H groups in total. The number of hydrogen-bond donors (Lipinski definition) is 2. The molecule has 1 atom stereocenters. The summed E-state index contributed by atoms with van der Waals surface area (Å²) >= 11 is 0. The molecule has 0 radical (unpaired) electrons. The standard InChI is InChI=1S/C8H12FNO3/c9-7-5-10(8(12)13)3-1-6(7)2-4-11/h2,7,11H,1,3-5H2,(H,12,13). The molecule has 1 unspecified atom stereocenters. The van der Waals surface area contributed by atoms with Crippen molar-refractivity contribution in [2.45, 2.75) is 12.6 Å². The summed E-state index contributed by atoms with van der Waals surface area (Å²) in [4.78, 5) is 11.5. The number of rotatable bonds is 1. The first kappa shape index (κ1) is 9.98. The molecule has 74 valence electrons. The van der Waals surface area contributed by atoms with Gasteiger partial charge in [-0.3, -0.25) is 0 Å². The second kappa shape index (κ2) is 4.23. The Kier molecular flexibility index (Phi) is 3.25. The number of piperidine rings is 1. The van der Waals surface area contributed by atoms with Gasteiger partial charge in [0.2, 0.25) is 0 Å². The summed E-state index contributed by atoms with van der Waals surface area (Å²) in [6, 6.07) is 0. The van der Waals surface area contributed by atoms with Crippen LogP contribution >= 0.6 is 0 Å². The van der Waals surface area contributed by atoms with Gasteiger partial charge in [-0.2, -0.15) is 0 Å². The molecule has 1 amide bonds. The zero-order chi connectivity index (χ0) is 9.84. The van der Waals surface area contributed by atoms with Crippen molar-refractivity contribution in [3.8, 4) is 0 Å². The number of likely N-dealkylation sites (tertiary alicyclic amines) is 1. The summed E-state index contributed by atoms with van der Waals surface area (Å²) in [6.07, 6.45) is -0.583. The smallest absolute Gasteiger partial charge is 0.407 e. The third-order valence-electron chi connectivity index (χ3n) is 2.08. The Morgan fingerprint density at radius 3 is 2.92 bits per heavy atom. The zero-order valence-electron chi connectivity index (χ0n) is 7.11. The number of hydrogen-bond acceptors (Lipinski definition) is 2. The minimum Gasteiger partial charge on any atom is -0.465 e. The molecule has 4 nitrogen and oxygen atoms in total. The highest BCUT2D eigenvalue weighted by Gasteiger charge is 2.26. The van der Waals surface area contributed by atoms with Gasteiger partial charge < -0.3 is 15.1 Å². The van der Waals surface area contributed by atoms with Crippen molar-refractivity contribution in [2.24, 2.45) is 0 Å². The van der Waals surface area contributed by atoms with Crippen LogP contribution in [0.25, 0.3) is 0 Å². The second-order valence-electron chi connectivity index (χ2n) is 2.91. The third kappa shape index (κ3) is 2.42. The van der Waals surface area contributed by atoms with Crippen molar-refractivity contribution < 1.29 is 19.4 Å². The Balaban J connectivity index is 2.56. The van der Waals surface area contributed by atoms with Crippen LogP contribution in [0.1, 0.15) is 6.42 Å². The molecule has 1 heterocycles. The van der Waals surface area contributed by atoms with E-state index < -0.39 is 12.3 Å². The molecule has 0 bridgehead atoms. The fourth-order valence-electron chi connectivity index (χ4n) is 1.34. The molecule has 0 aromatic heterocycles. The molecule has 1 fully saturated rings. The first-order valence-electron chi connectivity index (χ1n) is 4.07. The SMILES string of the molecule is O=C(O)N1CCC(=CCO)C(F)C1. The second-order valence-corrected chi connectivity index (χ2v) is 2.91. The van der Waals surface area contributed by atoms with Crippen LogP contribution in [0.15, 0.2) is 11.6 Å². The molecule has 0 aromatic rings. The van der Waals surface area contributed by atoms with E-state index in [9.17, 15) is 9.18 Å². The number of amides is 1. The minimum absolute atomic E-state index is 0.124.